The predicted octanol–water partition coefficient (Wildman–Crippen LogP) is 6.94. The summed E-state index contributed by atoms with van der Waals surface area (Å²) in [5.74, 6) is 0. The van der Waals surface area contributed by atoms with Gasteiger partial charge in [0.25, 0.3) is 0 Å². The van der Waals surface area contributed by atoms with Crippen LogP contribution in [0.4, 0.5) is 0 Å². The van der Waals surface area contributed by atoms with Gasteiger partial charge in [0.2, 0.25) is 0 Å². The van der Waals surface area contributed by atoms with E-state index in [-0.39, 0.29) is 29.6 Å². The molecule has 1 heteroatoms. The fourth-order valence-corrected chi connectivity index (χ4v) is 2.99. The number of aryl methyl sites for hydroxylation is 1. The van der Waals surface area contributed by atoms with Crippen LogP contribution in [0, 0.1) is 0 Å². The van der Waals surface area contributed by atoms with Crippen molar-refractivity contribution >= 4 is 29.6 Å². The van der Waals surface area contributed by atoms with E-state index in [0.717, 1.165) is 0 Å². The van der Waals surface area contributed by atoms with Gasteiger partial charge in [-0.1, -0.05) is 114 Å². The van der Waals surface area contributed by atoms with E-state index in [4.69, 9.17) is 0 Å². The van der Waals surface area contributed by atoms with Crippen molar-refractivity contribution in [3.8, 4) is 0 Å². The van der Waals surface area contributed by atoms with Crippen molar-refractivity contribution in [2.24, 2.45) is 0 Å². The van der Waals surface area contributed by atoms with Crippen molar-refractivity contribution in [3.05, 3.63) is 35.9 Å². The van der Waals surface area contributed by atoms with Crippen LogP contribution in [0.5, 0.6) is 0 Å². The fraction of sp³-hybridized carbons (Fsp3) is 0.714. The number of unbranched alkanes of at least 4 members (excludes halogenated alkanes) is 12. The maximum atomic E-state index is 2.29. The first-order valence-corrected chi connectivity index (χ1v) is 9.47. The summed E-state index contributed by atoms with van der Waals surface area (Å²) in [7, 11) is 0. The first-order valence-electron chi connectivity index (χ1n) is 9.47. The Balaban J connectivity index is 0.00000441. The summed E-state index contributed by atoms with van der Waals surface area (Å²) in [6.07, 6.45) is 20.0. The first-order chi connectivity index (χ1) is 10.4. The normalized spacial score (nSPS) is 10.4. The molecule has 0 aromatic heterocycles. The summed E-state index contributed by atoms with van der Waals surface area (Å²) in [4.78, 5) is 0. The molecule has 0 saturated carbocycles. The zero-order valence-electron chi connectivity index (χ0n) is 15.3. The Morgan fingerprint density at radius 2 is 0.955 bits per heavy atom. The van der Waals surface area contributed by atoms with Crippen LogP contribution in [-0.4, -0.2) is 29.6 Å². The molecule has 0 spiro atoms. The Bertz CT molecular complexity index is 307. The van der Waals surface area contributed by atoms with E-state index < -0.39 is 0 Å². The van der Waals surface area contributed by atoms with E-state index in [1.54, 1.807) is 0 Å². The van der Waals surface area contributed by atoms with Crippen molar-refractivity contribution in [3.63, 3.8) is 0 Å². The van der Waals surface area contributed by atoms with Gasteiger partial charge in [0.1, 0.15) is 0 Å². The summed E-state index contributed by atoms with van der Waals surface area (Å²) in [5.41, 5.74) is 1.50. The third-order valence-corrected chi connectivity index (χ3v) is 4.41. The Morgan fingerprint density at radius 1 is 0.545 bits per heavy atom. The summed E-state index contributed by atoms with van der Waals surface area (Å²) in [6.45, 7) is 2.29. The monoisotopic (exact) mass is 311 g/mol. The second-order valence-corrected chi connectivity index (χ2v) is 6.48. The van der Waals surface area contributed by atoms with E-state index in [0.29, 0.717) is 0 Å². The van der Waals surface area contributed by atoms with E-state index >= 15 is 0 Å². The molecule has 0 heterocycles. The number of benzene rings is 1. The minimum Gasteiger partial charge on any atom is -0.0654 e. The molecule has 0 fully saturated rings. The van der Waals surface area contributed by atoms with Crippen molar-refractivity contribution in [1.82, 2.24) is 0 Å². The van der Waals surface area contributed by atoms with Crippen LogP contribution in [0.15, 0.2) is 30.3 Å². The fourth-order valence-electron chi connectivity index (χ4n) is 2.99. The molecule has 1 rings (SSSR count). The van der Waals surface area contributed by atoms with Crippen LogP contribution in [0.3, 0.4) is 0 Å². The molecule has 0 N–H and O–H groups in total. The molecule has 0 atom stereocenters. The number of hydrogen-bond acceptors (Lipinski definition) is 0. The van der Waals surface area contributed by atoms with Crippen molar-refractivity contribution < 1.29 is 0 Å². The van der Waals surface area contributed by atoms with Gasteiger partial charge in [-0.3, -0.25) is 0 Å². The Morgan fingerprint density at radius 3 is 1.41 bits per heavy atom. The summed E-state index contributed by atoms with van der Waals surface area (Å²) < 4.78 is 0. The van der Waals surface area contributed by atoms with Gasteiger partial charge < -0.3 is 0 Å². The second kappa shape index (κ2) is 17.6. The van der Waals surface area contributed by atoms with Crippen LogP contribution < -0.4 is 0 Å². The predicted molar refractivity (Wildman–Crippen MR) is 102 cm³/mol. The number of rotatable bonds is 14. The molecule has 1 aromatic carbocycles. The smallest absolute Gasteiger partial charge is 0 e. The number of hydrogen-bond donors (Lipinski definition) is 0. The largest absolute Gasteiger partial charge is 0.0654 e. The van der Waals surface area contributed by atoms with E-state index in [1.165, 1.54) is 95.5 Å². The van der Waals surface area contributed by atoms with Gasteiger partial charge >= 0.3 is 0 Å². The molecule has 0 amide bonds. The average Bonchev–Trinajstić information content (AvgIpc) is 2.53. The van der Waals surface area contributed by atoms with Crippen LogP contribution >= 0.6 is 0 Å². The molecule has 0 aliphatic heterocycles. The van der Waals surface area contributed by atoms with Crippen LogP contribution in [0.25, 0.3) is 0 Å². The quantitative estimate of drug-likeness (QED) is 0.258. The second-order valence-electron chi connectivity index (χ2n) is 6.48. The molecule has 0 unspecified atom stereocenters. The molecule has 0 aliphatic carbocycles. The Kier molecular flexibility index (Phi) is 17.7. The minimum absolute atomic E-state index is 0. The van der Waals surface area contributed by atoms with Gasteiger partial charge in [0.05, 0.1) is 0 Å². The van der Waals surface area contributed by atoms with Gasteiger partial charge in [-0.25, -0.2) is 0 Å². The minimum atomic E-state index is 0. The van der Waals surface area contributed by atoms with Gasteiger partial charge in [-0.2, -0.15) is 0 Å². The van der Waals surface area contributed by atoms with E-state index in [9.17, 15) is 0 Å². The van der Waals surface area contributed by atoms with E-state index in [2.05, 4.69) is 37.3 Å². The standard InChI is InChI=1S/C21H36.Na/c1-2-3-4-5-6-7-8-9-10-11-12-13-15-18-21-19-16-14-17-20-21;/h14,16-17,19-20H,2-13,15,18H2,1H3;. The maximum absolute atomic E-state index is 2.29. The average molecular weight is 312 g/mol. The molecule has 0 bridgehead atoms. The third-order valence-electron chi connectivity index (χ3n) is 4.41. The summed E-state index contributed by atoms with van der Waals surface area (Å²) in [5, 5.41) is 0. The first kappa shape index (κ1) is 22.2. The van der Waals surface area contributed by atoms with Gasteiger partial charge in [0.15, 0.2) is 0 Å². The molecule has 0 aliphatic rings. The van der Waals surface area contributed by atoms with Crippen molar-refractivity contribution in [1.29, 1.82) is 0 Å². The van der Waals surface area contributed by atoms with Crippen molar-refractivity contribution in [2.75, 3.05) is 0 Å². The van der Waals surface area contributed by atoms with Gasteiger partial charge in [-0.05, 0) is 18.4 Å². The van der Waals surface area contributed by atoms with Gasteiger partial charge in [0, 0.05) is 29.6 Å². The molecule has 22 heavy (non-hydrogen) atoms. The molecular weight excluding hydrogens is 275 g/mol. The molecule has 0 nitrogen and oxygen atoms in total. The maximum Gasteiger partial charge on any atom is 0 e. The SMILES string of the molecule is CCCCCCCCCCCCCCCc1ccccc1.[Na]. The van der Waals surface area contributed by atoms with Crippen LogP contribution in [-0.2, 0) is 6.42 Å². The van der Waals surface area contributed by atoms with Gasteiger partial charge in [-0.15, -0.1) is 0 Å². The molecule has 121 valence electrons. The molecule has 0 saturated heterocycles. The Hall–Kier alpha value is 0.220. The Labute approximate surface area is 161 Å². The van der Waals surface area contributed by atoms with E-state index in [1.807, 2.05) is 0 Å². The topological polar surface area (TPSA) is 0 Å². The zero-order chi connectivity index (χ0) is 15.0. The van der Waals surface area contributed by atoms with Crippen molar-refractivity contribution in [2.45, 2.75) is 96.8 Å². The summed E-state index contributed by atoms with van der Waals surface area (Å²) >= 11 is 0. The summed E-state index contributed by atoms with van der Waals surface area (Å²) in [6, 6.07) is 10.9. The van der Waals surface area contributed by atoms with Crippen LogP contribution in [0.2, 0.25) is 0 Å². The molecular formula is C21H36Na. The molecule has 1 aromatic rings. The third kappa shape index (κ3) is 13.9. The zero-order valence-corrected chi connectivity index (χ0v) is 17.3. The van der Waals surface area contributed by atoms with Crippen LogP contribution in [0.1, 0.15) is 96.0 Å². The molecule has 1 radical (unpaired) electrons.